The van der Waals surface area contributed by atoms with Crippen LogP contribution in [0.5, 0.6) is 0 Å². The average Bonchev–Trinajstić information content (AvgIpc) is 3.20. The molecule has 1 aliphatic carbocycles. The molecular formula is C20H24N6O2. The topological polar surface area (TPSA) is 91.2 Å². The minimum Gasteiger partial charge on any atom is -0.361 e. The molecule has 8 heteroatoms. The summed E-state index contributed by atoms with van der Waals surface area (Å²) >= 11 is 0. The Morgan fingerprint density at radius 1 is 1.25 bits per heavy atom. The van der Waals surface area contributed by atoms with Crippen molar-refractivity contribution in [2.24, 2.45) is 5.41 Å². The van der Waals surface area contributed by atoms with E-state index in [2.05, 4.69) is 29.9 Å². The molecule has 2 aliphatic rings. The molecule has 1 atom stereocenters. The van der Waals surface area contributed by atoms with E-state index in [9.17, 15) is 4.79 Å². The van der Waals surface area contributed by atoms with Crippen LogP contribution in [0, 0.1) is 19.3 Å². The zero-order valence-electron chi connectivity index (χ0n) is 16.2. The van der Waals surface area contributed by atoms with Crippen LogP contribution in [0.1, 0.15) is 35.9 Å². The van der Waals surface area contributed by atoms with Crippen molar-refractivity contribution in [2.75, 3.05) is 31.1 Å². The molecule has 3 aromatic rings. The molecule has 1 N–H and O–H groups in total. The first-order valence-corrected chi connectivity index (χ1v) is 9.75. The Morgan fingerprint density at radius 3 is 2.82 bits per heavy atom. The number of aromatic nitrogens is 4. The summed E-state index contributed by atoms with van der Waals surface area (Å²) in [5, 5.41) is 5.10. The number of aryl methyl sites for hydroxylation is 2. The molecule has 1 spiro atoms. The third-order valence-corrected chi connectivity index (χ3v) is 6.22. The fraction of sp³-hybridized carbons (Fsp3) is 0.500. The summed E-state index contributed by atoms with van der Waals surface area (Å²) in [5.74, 6) is 1.70. The fourth-order valence-corrected chi connectivity index (χ4v) is 4.56. The quantitative estimate of drug-likeness (QED) is 0.695. The van der Waals surface area contributed by atoms with Gasteiger partial charge in [-0.1, -0.05) is 5.16 Å². The van der Waals surface area contributed by atoms with E-state index in [1.165, 1.54) is 12.8 Å². The van der Waals surface area contributed by atoms with Crippen molar-refractivity contribution in [3.05, 3.63) is 35.6 Å². The lowest BCUT2D eigenvalue weighted by Gasteiger charge is -2.28. The number of hydrogen-bond donors (Lipinski definition) is 1. The summed E-state index contributed by atoms with van der Waals surface area (Å²) < 4.78 is 5.33. The number of carbonyl (C=O) groups excluding carboxylic acids is 1. The molecule has 0 radical (unpaired) electrons. The summed E-state index contributed by atoms with van der Waals surface area (Å²) in [4.78, 5) is 28.8. The van der Waals surface area contributed by atoms with Crippen molar-refractivity contribution in [3.63, 3.8) is 0 Å². The zero-order valence-corrected chi connectivity index (χ0v) is 16.2. The molecule has 1 saturated carbocycles. The van der Waals surface area contributed by atoms with Crippen molar-refractivity contribution in [1.29, 1.82) is 0 Å². The molecule has 4 heterocycles. The van der Waals surface area contributed by atoms with Gasteiger partial charge in [0.2, 0.25) is 0 Å². The number of anilines is 1. The Kier molecular flexibility index (Phi) is 3.97. The van der Waals surface area contributed by atoms with Crippen LogP contribution < -0.4 is 4.90 Å². The van der Waals surface area contributed by atoms with Crippen LogP contribution in [0.4, 0.5) is 5.82 Å². The van der Waals surface area contributed by atoms with Crippen molar-refractivity contribution in [1.82, 2.24) is 25.0 Å². The number of rotatable bonds is 4. The van der Waals surface area contributed by atoms with E-state index >= 15 is 0 Å². The van der Waals surface area contributed by atoms with Gasteiger partial charge < -0.3 is 19.2 Å². The summed E-state index contributed by atoms with van der Waals surface area (Å²) in [6.07, 6.45) is 6.91. The zero-order chi connectivity index (χ0) is 19.3. The smallest absolute Gasteiger partial charge is 0.142 e. The highest BCUT2D eigenvalue weighted by atomic mass is 16.5. The molecule has 5 rings (SSSR count). The highest BCUT2D eigenvalue weighted by Gasteiger charge is 2.48. The number of nitrogens with one attached hydrogen (secondary N) is 1. The summed E-state index contributed by atoms with van der Waals surface area (Å²) in [6, 6.07) is 1.71. The van der Waals surface area contributed by atoms with Crippen molar-refractivity contribution in [2.45, 2.75) is 32.7 Å². The highest BCUT2D eigenvalue weighted by molar-refractivity contribution is 5.87. The lowest BCUT2D eigenvalue weighted by Crippen LogP contribution is -2.36. The van der Waals surface area contributed by atoms with Crippen LogP contribution in [-0.2, 0) is 4.79 Å². The van der Waals surface area contributed by atoms with Gasteiger partial charge in [-0.05, 0) is 32.8 Å². The van der Waals surface area contributed by atoms with Gasteiger partial charge in [0.1, 0.15) is 29.8 Å². The maximum atomic E-state index is 12.1. The van der Waals surface area contributed by atoms with Gasteiger partial charge in [0.05, 0.1) is 17.1 Å². The molecule has 8 nitrogen and oxygen atoms in total. The van der Waals surface area contributed by atoms with Crippen LogP contribution in [0.2, 0.25) is 0 Å². The maximum Gasteiger partial charge on any atom is 0.142 e. The van der Waals surface area contributed by atoms with E-state index in [1.807, 2.05) is 26.1 Å². The number of H-pyrrole nitrogens is 1. The molecule has 1 saturated heterocycles. The lowest BCUT2D eigenvalue weighted by molar-refractivity contribution is -0.112. The van der Waals surface area contributed by atoms with Crippen molar-refractivity contribution in [3.8, 4) is 0 Å². The summed E-state index contributed by atoms with van der Waals surface area (Å²) in [5.41, 5.74) is 2.78. The minimum atomic E-state index is -0.318. The summed E-state index contributed by atoms with van der Waals surface area (Å²) in [6.45, 7) is 7.24. The summed E-state index contributed by atoms with van der Waals surface area (Å²) in [7, 11) is 0. The van der Waals surface area contributed by atoms with Crippen molar-refractivity contribution < 1.29 is 9.32 Å². The monoisotopic (exact) mass is 380 g/mol. The van der Waals surface area contributed by atoms with Crippen LogP contribution >= 0.6 is 0 Å². The van der Waals surface area contributed by atoms with E-state index < -0.39 is 0 Å². The predicted octanol–water partition coefficient (Wildman–Crippen LogP) is 2.41. The number of hydrogen-bond acceptors (Lipinski definition) is 7. The second-order valence-corrected chi connectivity index (χ2v) is 8.15. The second kappa shape index (κ2) is 6.41. The Labute approximate surface area is 162 Å². The third kappa shape index (κ3) is 2.79. The van der Waals surface area contributed by atoms with Crippen LogP contribution in [0.3, 0.4) is 0 Å². The first-order valence-electron chi connectivity index (χ1n) is 9.75. The predicted molar refractivity (Wildman–Crippen MR) is 104 cm³/mol. The largest absolute Gasteiger partial charge is 0.361 e. The van der Waals surface area contributed by atoms with Gasteiger partial charge in [-0.3, -0.25) is 4.90 Å². The first kappa shape index (κ1) is 17.4. The van der Waals surface area contributed by atoms with E-state index in [0.29, 0.717) is 0 Å². The van der Waals surface area contributed by atoms with Crippen LogP contribution in [-0.4, -0.2) is 57.5 Å². The minimum absolute atomic E-state index is 0.213. The Hall–Kier alpha value is -2.74. The van der Waals surface area contributed by atoms with Gasteiger partial charge in [0.25, 0.3) is 0 Å². The molecule has 2 fully saturated rings. The molecular weight excluding hydrogens is 356 g/mol. The Balaban J connectivity index is 1.47. The maximum absolute atomic E-state index is 12.1. The normalized spacial score (nSPS) is 20.4. The highest BCUT2D eigenvalue weighted by Crippen LogP contribution is 2.49. The van der Waals surface area contributed by atoms with Gasteiger partial charge in [-0.15, -0.1) is 0 Å². The van der Waals surface area contributed by atoms with Crippen molar-refractivity contribution >= 4 is 23.1 Å². The number of aromatic amines is 1. The number of aldehydes is 1. The lowest BCUT2D eigenvalue weighted by atomic mass is 10.0. The number of fused-ring (bicyclic) bond motifs is 1. The van der Waals surface area contributed by atoms with Gasteiger partial charge >= 0.3 is 0 Å². The van der Waals surface area contributed by atoms with E-state index in [4.69, 9.17) is 4.52 Å². The Morgan fingerprint density at radius 2 is 2.11 bits per heavy atom. The van der Waals surface area contributed by atoms with E-state index in [-0.39, 0.29) is 11.5 Å². The van der Waals surface area contributed by atoms with E-state index in [0.717, 1.165) is 66.3 Å². The fourth-order valence-electron chi connectivity index (χ4n) is 4.56. The Bertz CT molecular complexity index is 1000. The molecule has 146 valence electrons. The molecule has 0 bridgehead atoms. The molecule has 28 heavy (non-hydrogen) atoms. The van der Waals surface area contributed by atoms with Crippen LogP contribution in [0.15, 0.2) is 23.1 Å². The van der Waals surface area contributed by atoms with Gasteiger partial charge in [-0.25, -0.2) is 9.97 Å². The van der Waals surface area contributed by atoms with Gasteiger partial charge in [-0.2, -0.15) is 0 Å². The van der Waals surface area contributed by atoms with Gasteiger partial charge in [0, 0.05) is 43.4 Å². The molecule has 0 amide bonds. The molecule has 0 aromatic carbocycles. The average molecular weight is 380 g/mol. The van der Waals surface area contributed by atoms with Crippen LogP contribution in [0.25, 0.3) is 11.0 Å². The molecule has 1 aliphatic heterocycles. The van der Waals surface area contributed by atoms with Gasteiger partial charge in [0.15, 0.2) is 0 Å². The third-order valence-electron chi connectivity index (χ3n) is 6.22. The second-order valence-electron chi connectivity index (χ2n) is 8.15. The number of carbonyl (C=O) groups is 1. The molecule has 1 unspecified atom stereocenters. The van der Waals surface area contributed by atoms with E-state index in [1.54, 1.807) is 6.33 Å². The standard InChI is InChI=1S/C20H24N6O2/c1-13-17(14(2)28-24-13)16(9-27)25-7-8-26(11-20(10-25)4-5-20)19-15-3-6-21-18(15)22-12-23-19/h3,6,9,12,16H,4-5,7-8,10-11H2,1-2H3,(H,21,22,23). The molecule has 3 aromatic heterocycles. The SMILES string of the molecule is Cc1noc(C)c1C(C=O)N1CCN(c2ncnc3[nH]ccc23)CC2(CC2)C1. The first-order chi connectivity index (χ1) is 13.6. The number of nitrogens with zero attached hydrogens (tertiary/aromatic N) is 5.